The van der Waals surface area contributed by atoms with Gasteiger partial charge in [0.25, 0.3) is 0 Å². The normalized spacial score (nSPS) is 17.5. The molecule has 1 aromatic heterocycles. The number of sulfonamides is 1. The fraction of sp³-hybridized carbons (Fsp3) is 0.467. The summed E-state index contributed by atoms with van der Waals surface area (Å²) in [5.41, 5.74) is -0.596. The molecule has 2 amide bonds. The number of aromatic amines is 1. The van der Waals surface area contributed by atoms with Gasteiger partial charge in [-0.15, -0.1) is 0 Å². The number of fused-ring (bicyclic) bond motifs is 1. The fourth-order valence-electron chi connectivity index (χ4n) is 5.70. The highest BCUT2D eigenvalue weighted by Crippen LogP contribution is 2.37. The van der Waals surface area contributed by atoms with Crippen LogP contribution in [0.2, 0.25) is 0 Å². The number of anilines is 2. The van der Waals surface area contributed by atoms with E-state index in [1.165, 1.54) is 28.6 Å². The van der Waals surface area contributed by atoms with Gasteiger partial charge in [-0.2, -0.15) is 17.5 Å². The second-order valence-corrected chi connectivity index (χ2v) is 12.8. The number of halogens is 3. The summed E-state index contributed by atoms with van der Waals surface area (Å²) in [6.07, 6.45) is -1.04. The average Bonchev–Trinajstić information content (AvgIpc) is 3.31. The van der Waals surface area contributed by atoms with E-state index in [4.69, 9.17) is 0 Å². The van der Waals surface area contributed by atoms with Crippen LogP contribution in [0.1, 0.15) is 58.4 Å². The van der Waals surface area contributed by atoms with Crippen molar-refractivity contribution < 1.29 is 26.4 Å². The highest BCUT2D eigenvalue weighted by molar-refractivity contribution is 7.89. The van der Waals surface area contributed by atoms with E-state index >= 15 is 0 Å². The Hall–Kier alpha value is -3.58. The number of aromatic nitrogens is 1. The highest BCUT2D eigenvalue weighted by atomic mass is 32.2. The molecule has 1 aliphatic heterocycles. The lowest BCUT2D eigenvalue weighted by Gasteiger charge is -2.31. The van der Waals surface area contributed by atoms with Crippen LogP contribution in [0.4, 0.5) is 29.3 Å². The van der Waals surface area contributed by atoms with Crippen LogP contribution < -0.4 is 21.1 Å². The Labute approximate surface area is 249 Å². The zero-order valence-electron chi connectivity index (χ0n) is 24.5. The van der Waals surface area contributed by atoms with Crippen molar-refractivity contribution in [3.63, 3.8) is 0 Å². The molecule has 0 spiro atoms. The third-order valence-electron chi connectivity index (χ3n) is 7.68. The maximum atomic E-state index is 13.7. The van der Waals surface area contributed by atoms with Crippen molar-refractivity contribution in [2.45, 2.75) is 76.0 Å². The van der Waals surface area contributed by atoms with Gasteiger partial charge < -0.3 is 20.5 Å². The molecule has 43 heavy (non-hydrogen) atoms. The molecule has 0 saturated carbocycles. The minimum atomic E-state index is -4.67. The molecule has 4 rings (SSSR count). The van der Waals surface area contributed by atoms with Gasteiger partial charge in [-0.1, -0.05) is 13.8 Å². The van der Waals surface area contributed by atoms with E-state index in [0.29, 0.717) is 56.3 Å². The first-order valence-electron chi connectivity index (χ1n) is 14.5. The van der Waals surface area contributed by atoms with Crippen LogP contribution in [0.3, 0.4) is 0 Å². The zero-order valence-corrected chi connectivity index (χ0v) is 25.3. The largest absolute Gasteiger partial charge is 0.417 e. The van der Waals surface area contributed by atoms with Gasteiger partial charge in [0.1, 0.15) is 0 Å². The number of carbonyl (C=O) groups excluding carboxylic acids is 1. The molecule has 0 aliphatic carbocycles. The number of nitrogens with zero attached hydrogens (tertiary/aromatic N) is 2. The van der Waals surface area contributed by atoms with Crippen molar-refractivity contribution in [2.24, 2.45) is 0 Å². The van der Waals surface area contributed by atoms with Gasteiger partial charge in [-0.3, -0.25) is 4.79 Å². The molecule has 9 nitrogen and oxygen atoms in total. The number of alkyl halides is 3. The summed E-state index contributed by atoms with van der Waals surface area (Å²) in [5.74, 6) is 0. The highest BCUT2D eigenvalue weighted by Gasteiger charge is 2.35. The van der Waals surface area contributed by atoms with Gasteiger partial charge in [-0.05, 0) is 81.5 Å². The van der Waals surface area contributed by atoms with Crippen LogP contribution in [0.15, 0.2) is 58.2 Å². The molecule has 13 heteroatoms. The Kier molecular flexibility index (Phi) is 10.1. The number of urea groups is 1. The Morgan fingerprint density at radius 1 is 1.05 bits per heavy atom. The Morgan fingerprint density at radius 2 is 1.72 bits per heavy atom. The molecule has 234 valence electrons. The second kappa shape index (κ2) is 13.4. The van der Waals surface area contributed by atoms with Crippen molar-refractivity contribution in [2.75, 3.05) is 29.9 Å². The topological polar surface area (TPSA) is 115 Å². The van der Waals surface area contributed by atoms with E-state index < -0.39 is 33.4 Å². The van der Waals surface area contributed by atoms with Crippen LogP contribution in [0, 0.1) is 0 Å². The number of nitrogens with one attached hydrogen (secondary N) is 3. The Bertz CT molecular complexity index is 1590. The molecule has 2 aromatic carbocycles. The number of amides is 2. The van der Waals surface area contributed by atoms with Crippen LogP contribution in [0.5, 0.6) is 0 Å². The maximum Gasteiger partial charge on any atom is 0.417 e. The zero-order chi connectivity index (χ0) is 31.4. The van der Waals surface area contributed by atoms with Crippen molar-refractivity contribution in [3.8, 4) is 0 Å². The summed E-state index contributed by atoms with van der Waals surface area (Å²) in [6.45, 7) is 7.06. The molecule has 1 fully saturated rings. The van der Waals surface area contributed by atoms with E-state index in [0.717, 1.165) is 12.8 Å². The van der Waals surface area contributed by atoms with Crippen LogP contribution in [-0.4, -0.2) is 55.5 Å². The van der Waals surface area contributed by atoms with E-state index in [1.807, 2.05) is 20.8 Å². The molecule has 2 atom stereocenters. The predicted octanol–water partition coefficient (Wildman–Crippen LogP) is 5.93. The number of rotatable bonds is 11. The van der Waals surface area contributed by atoms with Crippen LogP contribution >= 0.6 is 0 Å². The average molecular weight is 622 g/mol. The molecule has 0 bridgehead atoms. The predicted molar refractivity (Wildman–Crippen MR) is 162 cm³/mol. The lowest BCUT2D eigenvalue weighted by atomic mass is 10.1. The van der Waals surface area contributed by atoms with Gasteiger partial charge in [-0.25, -0.2) is 13.2 Å². The van der Waals surface area contributed by atoms with Crippen LogP contribution in [-0.2, 0) is 16.2 Å². The fourth-order valence-corrected chi connectivity index (χ4v) is 7.32. The number of pyridine rings is 1. The molecule has 2 heterocycles. The third kappa shape index (κ3) is 7.50. The second-order valence-electron chi connectivity index (χ2n) is 10.9. The van der Waals surface area contributed by atoms with E-state index in [9.17, 15) is 31.2 Å². The van der Waals surface area contributed by atoms with E-state index in [-0.39, 0.29) is 27.9 Å². The SMILES string of the molecule is CCCN(CCC)S(=O)(=O)c1ccc(NC(=O)NCCC2CCC(C)N2c2ccc3[nH]c(=O)cc(C(F)(F)F)c3c2)cc1. The number of hydrogen-bond donors (Lipinski definition) is 3. The van der Waals surface area contributed by atoms with Crippen molar-refractivity contribution in [1.29, 1.82) is 0 Å². The maximum absolute atomic E-state index is 13.7. The third-order valence-corrected chi connectivity index (χ3v) is 9.59. The smallest absolute Gasteiger partial charge is 0.366 e. The lowest BCUT2D eigenvalue weighted by Crippen LogP contribution is -2.38. The minimum Gasteiger partial charge on any atom is -0.366 e. The first kappa shape index (κ1) is 32.3. The van der Waals surface area contributed by atoms with Gasteiger partial charge in [0, 0.05) is 60.1 Å². The van der Waals surface area contributed by atoms with Gasteiger partial charge >= 0.3 is 12.2 Å². The summed E-state index contributed by atoms with van der Waals surface area (Å²) in [4.78, 5) is 29.1. The first-order valence-corrected chi connectivity index (χ1v) is 16.0. The number of benzene rings is 2. The van der Waals surface area contributed by atoms with Crippen molar-refractivity contribution in [3.05, 3.63) is 64.4 Å². The van der Waals surface area contributed by atoms with Gasteiger partial charge in [0.2, 0.25) is 15.6 Å². The summed E-state index contributed by atoms with van der Waals surface area (Å²) in [7, 11) is -3.62. The standard InChI is InChI=1S/C30H38F3N5O4S/c1-4-16-37(17-5-2)43(41,42)24-11-7-21(8-12-24)35-29(40)34-15-14-22-9-6-20(3)38(22)23-10-13-27-25(18-23)26(30(31,32)33)19-28(39)36-27/h7-8,10-13,18-20,22H,4-6,9,14-17H2,1-3H3,(H,36,39)(H2,34,35,40). The van der Waals surface area contributed by atoms with Gasteiger partial charge in [0.05, 0.1) is 10.5 Å². The molecular weight excluding hydrogens is 583 g/mol. The Morgan fingerprint density at radius 3 is 2.35 bits per heavy atom. The summed E-state index contributed by atoms with van der Waals surface area (Å²) in [6, 6.07) is 10.9. The quantitative estimate of drug-likeness (QED) is 0.246. The van der Waals surface area contributed by atoms with E-state index in [1.54, 1.807) is 18.2 Å². The summed E-state index contributed by atoms with van der Waals surface area (Å²) < 4.78 is 68.4. The lowest BCUT2D eigenvalue weighted by molar-refractivity contribution is -0.136. The molecule has 1 saturated heterocycles. The molecule has 0 radical (unpaired) electrons. The van der Waals surface area contributed by atoms with E-state index in [2.05, 4.69) is 20.5 Å². The first-order chi connectivity index (χ1) is 20.3. The molecular formula is C30H38F3N5O4S. The molecule has 3 N–H and O–H groups in total. The minimum absolute atomic E-state index is 0.0106. The van der Waals surface area contributed by atoms with Crippen molar-refractivity contribution >= 4 is 38.3 Å². The summed E-state index contributed by atoms with van der Waals surface area (Å²) >= 11 is 0. The number of hydrogen-bond acceptors (Lipinski definition) is 5. The molecule has 1 aliphatic rings. The number of H-pyrrole nitrogens is 1. The monoisotopic (exact) mass is 621 g/mol. The molecule has 3 aromatic rings. The number of carbonyl (C=O) groups is 1. The van der Waals surface area contributed by atoms with Crippen molar-refractivity contribution in [1.82, 2.24) is 14.6 Å². The summed E-state index contributed by atoms with van der Waals surface area (Å²) in [5, 5.41) is 5.46. The van der Waals surface area contributed by atoms with Crippen LogP contribution in [0.25, 0.3) is 10.9 Å². The molecule has 2 unspecified atom stereocenters. The Balaban J connectivity index is 1.38. The van der Waals surface area contributed by atoms with Gasteiger partial charge in [0.15, 0.2) is 0 Å².